The Hall–Kier alpha value is -1.60. The van der Waals surface area contributed by atoms with Crippen LogP contribution in [-0.4, -0.2) is 44.2 Å². The summed E-state index contributed by atoms with van der Waals surface area (Å²) < 4.78 is 26.4. The molecule has 0 bridgehead atoms. The van der Waals surface area contributed by atoms with E-state index in [0.717, 1.165) is 18.4 Å². The molecule has 2 amide bonds. The normalized spacial score (nSPS) is 19.3. The van der Waals surface area contributed by atoms with Crippen LogP contribution in [0.5, 0.6) is 0 Å². The Morgan fingerprint density at radius 3 is 2.67 bits per heavy atom. The topological polar surface area (TPSA) is 86.7 Å². The maximum absolute atomic E-state index is 12.1. The van der Waals surface area contributed by atoms with Crippen molar-refractivity contribution in [1.29, 1.82) is 0 Å². The average molecular weight is 312 g/mol. The molecule has 2 N–H and O–H groups in total. The Balaban J connectivity index is 2.06. The van der Waals surface area contributed by atoms with Crippen LogP contribution in [0.1, 0.15) is 18.4 Å². The van der Waals surface area contributed by atoms with Gasteiger partial charge in [0, 0.05) is 19.7 Å². The van der Waals surface area contributed by atoms with Crippen LogP contribution >= 0.6 is 0 Å². The molecule has 0 spiro atoms. The van der Waals surface area contributed by atoms with E-state index in [0.29, 0.717) is 13.1 Å². The van der Waals surface area contributed by atoms with Crippen molar-refractivity contribution in [3.8, 4) is 0 Å². The molecule has 7 heteroatoms. The van der Waals surface area contributed by atoms with Gasteiger partial charge in [-0.15, -0.1) is 0 Å². The molecule has 21 heavy (non-hydrogen) atoms. The molecule has 1 heterocycles. The van der Waals surface area contributed by atoms with Crippen molar-refractivity contribution in [2.45, 2.75) is 24.7 Å². The number of carbonyl (C=O) groups is 1. The van der Waals surface area contributed by atoms with E-state index in [1.54, 1.807) is 12.1 Å². The largest absolute Gasteiger partial charge is 0.396 e. The zero-order valence-corrected chi connectivity index (χ0v) is 12.8. The van der Waals surface area contributed by atoms with Crippen molar-refractivity contribution < 1.29 is 18.3 Å². The number of carbonyl (C=O) groups excluding carboxylic acids is 1. The van der Waals surface area contributed by atoms with E-state index in [2.05, 4.69) is 4.72 Å². The zero-order chi connectivity index (χ0) is 15.5. The lowest BCUT2D eigenvalue weighted by molar-refractivity contribution is 0.132. The molecule has 1 unspecified atom stereocenters. The maximum Gasteiger partial charge on any atom is 0.331 e. The van der Waals surface area contributed by atoms with Crippen molar-refractivity contribution in [3.63, 3.8) is 0 Å². The summed E-state index contributed by atoms with van der Waals surface area (Å²) in [7, 11) is -3.85. The van der Waals surface area contributed by atoms with Crippen LogP contribution in [0.15, 0.2) is 29.2 Å². The van der Waals surface area contributed by atoms with Gasteiger partial charge in [-0.3, -0.25) is 0 Å². The summed E-state index contributed by atoms with van der Waals surface area (Å²) in [6.07, 6.45) is 1.62. The molecule has 1 aromatic carbocycles. The fraction of sp³-hybridized carbons (Fsp3) is 0.500. The second kappa shape index (κ2) is 6.44. The van der Waals surface area contributed by atoms with E-state index in [1.165, 1.54) is 17.0 Å². The summed E-state index contributed by atoms with van der Waals surface area (Å²) in [5, 5.41) is 9.15. The third kappa shape index (κ3) is 3.95. The van der Waals surface area contributed by atoms with E-state index in [4.69, 9.17) is 5.11 Å². The number of aryl methyl sites for hydroxylation is 1. The van der Waals surface area contributed by atoms with Crippen LogP contribution in [-0.2, 0) is 10.0 Å². The molecular weight excluding hydrogens is 292 g/mol. The van der Waals surface area contributed by atoms with E-state index in [9.17, 15) is 13.2 Å². The first-order chi connectivity index (χ1) is 9.92. The van der Waals surface area contributed by atoms with Gasteiger partial charge in [-0.25, -0.2) is 17.9 Å². The number of aliphatic hydroxyl groups is 1. The van der Waals surface area contributed by atoms with Crippen molar-refractivity contribution in [2.75, 3.05) is 19.7 Å². The van der Waals surface area contributed by atoms with Crippen LogP contribution < -0.4 is 4.72 Å². The molecule has 1 aliphatic heterocycles. The number of aliphatic hydroxyl groups excluding tert-OH is 1. The second-order valence-corrected chi connectivity index (χ2v) is 7.04. The molecule has 1 aromatic rings. The number of rotatable bonds is 3. The Kier molecular flexibility index (Phi) is 4.84. The monoisotopic (exact) mass is 312 g/mol. The minimum atomic E-state index is -3.85. The van der Waals surface area contributed by atoms with Gasteiger partial charge in [-0.05, 0) is 37.8 Å². The lowest BCUT2D eigenvalue weighted by Gasteiger charge is -2.31. The predicted octanol–water partition coefficient (Wildman–Crippen LogP) is 1.10. The summed E-state index contributed by atoms with van der Waals surface area (Å²) in [5.41, 5.74) is 0.946. The number of benzene rings is 1. The number of nitrogens with one attached hydrogen (secondary N) is 1. The number of likely N-dealkylation sites (tertiary alicyclic amines) is 1. The highest BCUT2D eigenvalue weighted by Gasteiger charge is 2.26. The number of piperidine rings is 1. The Bertz CT molecular complexity index is 598. The highest BCUT2D eigenvalue weighted by atomic mass is 32.2. The molecule has 1 fully saturated rings. The standard InChI is InChI=1S/C14H20N2O4S/c1-11-4-6-13(7-5-11)21(19,20)15-14(18)16-8-2-3-12(9-16)10-17/h4-7,12,17H,2-3,8-10H2,1H3,(H,15,18). The molecule has 1 atom stereocenters. The van der Waals surface area contributed by atoms with Gasteiger partial charge in [-0.2, -0.15) is 0 Å². The third-order valence-electron chi connectivity index (χ3n) is 3.62. The molecule has 1 aliphatic rings. The van der Waals surface area contributed by atoms with Crippen LogP contribution in [0.2, 0.25) is 0 Å². The number of urea groups is 1. The number of hydrogen-bond donors (Lipinski definition) is 2. The molecule has 2 rings (SSSR count). The Labute approximate surface area is 124 Å². The average Bonchev–Trinajstić information content (AvgIpc) is 2.47. The van der Waals surface area contributed by atoms with E-state index < -0.39 is 16.1 Å². The van der Waals surface area contributed by atoms with Gasteiger partial charge in [-0.1, -0.05) is 17.7 Å². The van der Waals surface area contributed by atoms with Gasteiger partial charge in [0.05, 0.1) is 4.90 Å². The third-order valence-corrected chi connectivity index (χ3v) is 4.95. The molecule has 6 nitrogen and oxygen atoms in total. The van der Waals surface area contributed by atoms with Crippen LogP contribution in [0, 0.1) is 12.8 Å². The van der Waals surface area contributed by atoms with Crippen LogP contribution in [0.4, 0.5) is 4.79 Å². The first-order valence-electron chi connectivity index (χ1n) is 6.91. The van der Waals surface area contributed by atoms with Crippen molar-refractivity contribution in [2.24, 2.45) is 5.92 Å². The summed E-state index contributed by atoms with van der Waals surface area (Å²) in [5.74, 6) is 0.0200. The first kappa shape index (κ1) is 15.8. The molecule has 0 aliphatic carbocycles. The molecule has 0 aromatic heterocycles. The number of nitrogens with zero attached hydrogens (tertiary/aromatic N) is 1. The van der Waals surface area contributed by atoms with Crippen molar-refractivity contribution >= 4 is 16.1 Å². The molecule has 0 radical (unpaired) electrons. The Morgan fingerprint density at radius 2 is 2.05 bits per heavy atom. The summed E-state index contributed by atoms with van der Waals surface area (Å²) >= 11 is 0. The lowest BCUT2D eigenvalue weighted by atomic mass is 9.99. The summed E-state index contributed by atoms with van der Waals surface area (Å²) in [6, 6.07) is 5.67. The molecule has 0 saturated carbocycles. The van der Waals surface area contributed by atoms with Gasteiger partial charge < -0.3 is 10.0 Å². The van der Waals surface area contributed by atoms with Gasteiger partial charge >= 0.3 is 6.03 Å². The van der Waals surface area contributed by atoms with Gasteiger partial charge in [0.2, 0.25) is 0 Å². The van der Waals surface area contributed by atoms with E-state index >= 15 is 0 Å². The van der Waals surface area contributed by atoms with E-state index in [1.807, 2.05) is 6.92 Å². The molecular formula is C14H20N2O4S. The minimum absolute atomic E-state index is 0.00842. The summed E-state index contributed by atoms with van der Waals surface area (Å²) in [4.78, 5) is 13.6. The molecule has 1 saturated heterocycles. The lowest BCUT2D eigenvalue weighted by Crippen LogP contribution is -2.47. The van der Waals surface area contributed by atoms with Gasteiger partial charge in [0.15, 0.2) is 0 Å². The smallest absolute Gasteiger partial charge is 0.331 e. The van der Waals surface area contributed by atoms with Gasteiger partial charge in [0.1, 0.15) is 0 Å². The van der Waals surface area contributed by atoms with Gasteiger partial charge in [0.25, 0.3) is 10.0 Å². The van der Waals surface area contributed by atoms with Crippen molar-refractivity contribution in [1.82, 2.24) is 9.62 Å². The zero-order valence-electron chi connectivity index (χ0n) is 11.9. The van der Waals surface area contributed by atoms with E-state index in [-0.39, 0.29) is 17.4 Å². The second-order valence-electron chi connectivity index (χ2n) is 5.36. The van der Waals surface area contributed by atoms with Crippen LogP contribution in [0.25, 0.3) is 0 Å². The van der Waals surface area contributed by atoms with Crippen LogP contribution in [0.3, 0.4) is 0 Å². The minimum Gasteiger partial charge on any atom is -0.396 e. The highest BCUT2D eigenvalue weighted by molar-refractivity contribution is 7.90. The number of sulfonamides is 1. The SMILES string of the molecule is Cc1ccc(S(=O)(=O)NC(=O)N2CCCC(CO)C2)cc1. The number of amides is 2. The fourth-order valence-electron chi connectivity index (χ4n) is 2.35. The fourth-order valence-corrected chi connectivity index (χ4v) is 3.33. The number of hydrogen-bond acceptors (Lipinski definition) is 4. The van der Waals surface area contributed by atoms with Crippen molar-refractivity contribution in [3.05, 3.63) is 29.8 Å². The first-order valence-corrected chi connectivity index (χ1v) is 8.40. The predicted molar refractivity (Wildman–Crippen MR) is 78.3 cm³/mol. The summed E-state index contributed by atoms with van der Waals surface area (Å²) in [6.45, 7) is 2.75. The molecule has 116 valence electrons. The highest BCUT2D eigenvalue weighted by Crippen LogP contribution is 2.16. The maximum atomic E-state index is 12.1. The quantitative estimate of drug-likeness (QED) is 0.875. The Morgan fingerprint density at radius 1 is 1.38 bits per heavy atom.